The second-order valence-electron chi connectivity index (χ2n) is 7.00. The third-order valence-electron chi connectivity index (χ3n) is 5.03. The van der Waals surface area contributed by atoms with Crippen molar-refractivity contribution in [3.63, 3.8) is 0 Å². The van der Waals surface area contributed by atoms with E-state index in [2.05, 4.69) is 162 Å². The third-order valence-corrected chi connectivity index (χ3v) is 10.2. The normalized spacial score (nSPS) is 7.36. The van der Waals surface area contributed by atoms with Crippen molar-refractivity contribution >= 4 is 77.8 Å². The molecule has 0 aromatic heterocycles. The summed E-state index contributed by atoms with van der Waals surface area (Å²) in [5.74, 6) is 0. The van der Waals surface area contributed by atoms with Gasteiger partial charge in [0.15, 0.2) is 0 Å². The predicted octanol–water partition coefficient (Wildman–Crippen LogP) is 5.06. The molecule has 4 aromatic carbocycles. The number of carbonyl (C=O) groups excluding carboxylic acids is 6. The summed E-state index contributed by atoms with van der Waals surface area (Å²) >= 11 is 0. The van der Waals surface area contributed by atoms with E-state index in [0.717, 1.165) is 0 Å². The number of benzene rings is 4. The molecule has 0 spiro atoms. The van der Waals surface area contributed by atoms with Gasteiger partial charge in [0.1, 0.15) is 0 Å². The van der Waals surface area contributed by atoms with E-state index in [-0.39, 0.29) is 85.1 Å². The summed E-state index contributed by atoms with van der Waals surface area (Å²) in [7, 11) is -0.618. The zero-order valence-electron chi connectivity index (χ0n) is 26.7. The maximum absolute atomic E-state index is 7.50. The van der Waals surface area contributed by atoms with Crippen molar-refractivity contribution in [3.8, 4) is 0 Å². The van der Waals surface area contributed by atoms with Crippen molar-refractivity contribution in [2.75, 3.05) is 12.3 Å². The van der Waals surface area contributed by atoms with Gasteiger partial charge in [-0.25, -0.2) is 0 Å². The quantitative estimate of drug-likeness (QED) is 0.181. The van der Waals surface area contributed by atoms with Crippen molar-refractivity contribution < 1.29 is 68.3 Å². The monoisotopic (exact) mass is 1020 g/mol. The van der Waals surface area contributed by atoms with E-state index in [0.29, 0.717) is 0 Å². The van der Waals surface area contributed by atoms with E-state index >= 15 is 0 Å². The van der Waals surface area contributed by atoms with E-state index < -0.39 is 0 Å². The topological polar surface area (TPSA) is 102 Å². The third kappa shape index (κ3) is 27.8. The fourth-order valence-corrected chi connectivity index (χ4v) is 8.59. The first kappa shape index (κ1) is 66.4. The largest absolute Gasteiger partial charge is 2.00 e. The molecular weight excluding hydrogens is 983 g/mol. The molecule has 0 saturated carbocycles. The Kier molecular flexibility index (Phi) is 74.3. The first-order valence-corrected chi connectivity index (χ1v) is 14.4. The molecule has 10 heteroatoms. The molecule has 12 radical (unpaired) electrons. The molecule has 0 fully saturated rings. The molecule has 0 aliphatic rings. The number of hydrogen-bond donors (Lipinski definition) is 0. The second kappa shape index (κ2) is 52.6. The van der Waals surface area contributed by atoms with E-state index in [1.165, 1.54) is 40.0 Å². The van der Waals surface area contributed by atoms with Crippen LogP contribution in [0.3, 0.4) is 0 Å². The zero-order chi connectivity index (χ0) is 31.7. The van der Waals surface area contributed by atoms with Crippen LogP contribution in [0.5, 0.6) is 0 Å². The smallest absolute Gasteiger partial charge is 0.358 e. The van der Waals surface area contributed by atoms with Gasteiger partial charge in [0.25, 0.3) is 40.7 Å². The minimum atomic E-state index is -0.309. The standard InChI is InChI=1S/C27H26P2.6CO.4CH3.2Os/c1-5-14-24(15-6-1)28(25-16-7-2-8-17-25)22-13-23-29(26-18-9-3-10-19-26)27-20-11-4-12-21-27;6*1-2;;;;;;/h1-12,14-21H,13,22-23H2;;;;;;;4*1H3;;/q;;;;;;;4*-1;2*+2. The van der Waals surface area contributed by atoms with Crippen molar-refractivity contribution in [2.24, 2.45) is 0 Å². The molecule has 47 heavy (non-hydrogen) atoms. The molecule has 6 nitrogen and oxygen atoms in total. The molecule has 4 rings (SSSR count). The number of hydrogen-bond acceptors (Lipinski definition) is 6. The first-order chi connectivity index (χ1) is 20.4. The Morgan fingerprint density at radius 2 is 0.468 bits per heavy atom. The summed E-state index contributed by atoms with van der Waals surface area (Å²) in [4.78, 5) is 45.0. The van der Waals surface area contributed by atoms with E-state index in [9.17, 15) is 0 Å². The van der Waals surface area contributed by atoms with Gasteiger partial charge in [0.2, 0.25) is 0 Å². The summed E-state index contributed by atoms with van der Waals surface area (Å²) in [6.45, 7) is 27.0. The molecule has 0 atom stereocenters. The molecule has 0 heterocycles. The molecule has 0 unspecified atom stereocenters. The van der Waals surface area contributed by atoms with Crippen molar-refractivity contribution in [2.45, 2.75) is 6.42 Å². The molecule has 0 aliphatic heterocycles. The Morgan fingerprint density at radius 3 is 0.617 bits per heavy atom. The van der Waals surface area contributed by atoms with Gasteiger partial charge in [-0.2, -0.15) is 0 Å². The van der Waals surface area contributed by atoms with Crippen LogP contribution in [-0.2, 0) is 68.3 Å². The van der Waals surface area contributed by atoms with Gasteiger partial charge in [-0.05, 0) is 55.8 Å². The molecule has 0 saturated heterocycles. The Morgan fingerprint density at radius 1 is 0.319 bits per heavy atom. The van der Waals surface area contributed by atoms with Crippen LogP contribution in [0, 0.1) is 29.7 Å². The summed E-state index contributed by atoms with van der Waals surface area (Å²) in [5, 5.41) is 5.94. The molecule has 0 aliphatic carbocycles. The van der Waals surface area contributed by atoms with Gasteiger partial charge in [-0.1, -0.05) is 121 Å². The van der Waals surface area contributed by atoms with Crippen LogP contribution in [0.4, 0.5) is 0 Å². The summed E-state index contributed by atoms with van der Waals surface area (Å²) in [5.41, 5.74) is 0. The second-order valence-corrected chi connectivity index (χ2v) is 11.7. The molecule has 0 N–H and O–H groups in total. The van der Waals surface area contributed by atoms with Gasteiger partial charge in [-0.15, -0.1) is 0 Å². The van der Waals surface area contributed by atoms with Crippen molar-refractivity contribution in [1.29, 1.82) is 0 Å². The van der Waals surface area contributed by atoms with Crippen LogP contribution < -0.4 is 21.2 Å². The zero-order valence-corrected chi connectivity index (χ0v) is 33.6. The molecule has 0 amide bonds. The Labute approximate surface area is 314 Å². The fourth-order valence-electron chi connectivity index (χ4n) is 3.63. The summed E-state index contributed by atoms with van der Waals surface area (Å²) < 4.78 is 0. The van der Waals surface area contributed by atoms with Crippen LogP contribution >= 0.6 is 15.8 Å². The molecule has 248 valence electrons. The number of rotatable bonds is 8. The summed E-state index contributed by atoms with van der Waals surface area (Å²) in [6, 6.07) is 44.3. The minimum Gasteiger partial charge on any atom is -0.358 e. The summed E-state index contributed by atoms with van der Waals surface area (Å²) in [6.07, 6.45) is 3.72. The predicted molar refractivity (Wildman–Crippen MR) is 192 cm³/mol. The van der Waals surface area contributed by atoms with E-state index in [1.54, 1.807) is 0 Å². The van der Waals surface area contributed by atoms with Crippen molar-refractivity contribution in [3.05, 3.63) is 151 Å². The van der Waals surface area contributed by atoms with Gasteiger partial charge in [-0.3, -0.25) is 28.8 Å². The Hall–Kier alpha value is -2.97. The molecule has 0 bridgehead atoms. The van der Waals surface area contributed by atoms with Crippen LogP contribution in [-0.4, -0.2) is 53.1 Å². The van der Waals surface area contributed by atoms with Gasteiger partial charge in [0.05, 0.1) is 0 Å². The fraction of sp³-hybridized carbons (Fsp3) is 0.0811. The van der Waals surface area contributed by atoms with Crippen molar-refractivity contribution in [1.82, 2.24) is 0 Å². The van der Waals surface area contributed by atoms with E-state index in [4.69, 9.17) is 28.8 Å². The average Bonchev–Trinajstić information content (AvgIpc) is 3.12. The van der Waals surface area contributed by atoms with Gasteiger partial charge >= 0.3 is 39.6 Å². The SMILES string of the molecule is [CH3-].[CH3-].[CH3-].[CH3-].[C]=O.[C]=O.[C]=O.[C]=O.[C]=O.[C]=O.[Os+2].[Os+2].c1ccc(P(CCCP(c2ccccc2)c2ccccc2)c2ccccc2)cc1. The van der Waals surface area contributed by atoms with Gasteiger partial charge in [0, 0.05) is 0 Å². The maximum atomic E-state index is 7.50. The first-order valence-electron chi connectivity index (χ1n) is 11.4. The average molecular weight is 1020 g/mol. The Bertz CT molecular complexity index is 925. The van der Waals surface area contributed by atoms with Gasteiger partial charge < -0.3 is 29.7 Å². The molecular formula is C37H38O6Os2P2. The maximum Gasteiger partial charge on any atom is 2.00 e. The van der Waals surface area contributed by atoms with E-state index in [1.807, 2.05) is 0 Å². The van der Waals surface area contributed by atoms with Crippen LogP contribution in [0.25, 0.3) is 0 Å². The van der Waals surface area contributed by atoms with Crippen LogP contribution in [0.1, 0.15) is 6.42 Å². The molecule has 4 aromatic rings. The Balaban J connectivity index is -0.000000104. The van der Waals surface area contributed by atoms with Crippen LogP contribution in [0.15, 0.2) is 121 Å². The van der Waals surface area contributed by atoms with Crippen LogP contribution in [0.2, 0.25) is 0 Å². The minimum absolute atomic E-state index is 0.